The lowest BCUT2D eigenvalue weighted by Crippen LogP contribution is -2.37. The van der Waals surface area contributed by atoms with Crippen molar-refractivity contribution in [1.82, 2.24) is 0 Å². The third-order valence-corrected chi connectivity index (χ3v) is 2.21. The van der Waals surface area contributed by atoms with Crippen LogP contribution in [0.1, 0.15) is 26.7 Å². The van der Waals surface area contributed by atoms with E-state index in [-0.39, 0.29) is 5.97 Å². The molecular formula is C9H16O3. The van der Waals surface area contributed by atoms with E-state index >= 15 is 0 Å². The van der Waals surface area contributed by atoms with Gasteiger partial charge in [-0.1, -0.05) is 0 Å². The number of rotatable bonds is 2. The summed E-state index contributed by atoms with van der Waals surface area (Å²) in [5, 5.41) is 0. The van der Waals surface area contributed by atoms with Crippen LogP contribution in [0, 0.1) is 5.41 Å². The Hall–Kier alpha value is -0.570. The molecule has 0 radical (unpaired) electrons. The van der Waals surface area contributed by atoms with Crippen molar-refractivity contribution in [2.24, 2.45) is 5.41 Å². The predicted molar refractivity (Wildman–Crippen MR) is 44.8 cm³/mol. The van der Waals surface area contributed by atoms with Crippen molar-refractivity contribution in [2.45, 2.75) is 26.7 Å². The quantitative estimate of drug-likeness (QED) is 0.590. The summed E-state index contributed by atoms with van der Waals surface area (Å²) in [5.41, 5.74) is -0.395. The first-order valence-corrected chi connectivity index (χ1v) is 4.44. The molecular weight excluding hydrogens is 156 g/mol. The predicted octanol–water partition coefficient (Wildman–Crippen LogP) is 1.37. The first kappa shape index (κ1) is 9.52. The number of hydrogen-bond donors (Lipinski definition) is 0. The van der Waals surface area contributed by atoms with Crippen LogP contribution in [0.25, 0.3) is 0 Å². The number of hydrogen-bond acceptors (Lipinski definition) is 3. The fourth-order valence-corrected chi connectivity index (χ4v) is 1.40. The van der Waals surface area contributed by atoms with E-state index in [1.807, 2.05) is 13.8 Å². The van der Waals surface area contributed by atoms with Crippen LogP contribution < -0.4 is 0 Å². The normalized spacial score (nSPS) is 29.8. The molecule has 1 fully saturated rings. The van der Waals surface area contributed by atoms with Gasteiger partial charge in [0.05, 0.1) is 18.6 Å². The van der Waals surface area contributed by atoms with Gasteiger partial charge in [0.25, 0.3) is 0 Å². The summed E-state index contributed by atoms with van der Waals surface area (Å²) >= 11 is 0. The second-order valence-corrected chi connectivity index (χ2v) is 3.44. The number of carbonyl (C=O) groups excluding carboxylic acids is 1. The van der Waals surface area contributed by atoms with Crippen LogP contribution in [0.2, 0.25) is 0 Å². The highest BCUT2D eigenvalue weighted by molar-refractivity contribution is 5.76. The zero-order valence-electron chi connectivity index (χ0n) is 7.76. The molecule has 1 aliphatic rings. The highest BCUT2D eigenvalue weighted by atomic mass is 16.5. The molecule has 0 N–H and O–H groups in total. The second-order valence-electron chi connectivity index (χ2n) is 3.44. The van der Waals surface area contributed by atoms with E-state index in [1.165, 1.54) is 0 Å². The van der Waals surface area contributed by atoms with Gasteiger partial charge >= 0.3 is 5.97 Å². The van der Waals surface area contributed by atoms with Gasteiger partial charge in [-0.2, -0.15) is 0 Å². The number of ether oxygens (including phenoxy) is 2. The van der Waals surface area contributed by atoms with Gasteiger partial charge in [0.2, 0.25) is 0 Å². The Morgan fingerprint density at radius 1 is 1.67 bits per heavy atom. The molecule has 0 amide bonds. The Balaban J connectivity index is 2.50. The van der Waals surface area contributed by atoms with Gasteiger partial charge in [-0.05, 0) is 26.7 Å². The van der Waals surface area contributed by atoms with Crippen molar-refractivity contribution in [3.8, 4) is 0 Å². The average Bonchev–Trinajstić information content (AvgIpc) is 2.06. The molecule has 1 aliphatic heterocycles. The van der Waals surface area contributed by atoms with Gasteiger partial charge in [-0.15, -0.1) is 0 Å². The summed E-state index contributed by atoms with van der Waals surface area (Å²) < 4.78 is 10.2. The molecule has 0 spiro atoms. The molecule has 1 rings (SSSR count). The SMILES string of the molecule is CCOC(=O)C1(C)CCCOC1. The van der Waals surface area contributed by atoms with Crippen LogP contribution in [0.4, 0.5) is 0 Å². The summed E-state index contributed by atoms with van der Waals surface area (Å²) in [5.74, 6) is -0.121. The van der Waals surface area contributed by atoms with Crippen LogP contribution in [-0.2, 0) is 14.3 Å². The summed E-state index contributed by atoms with van der Waals surface area (Å²) in [6, 6.07) is 0. The lowest BCUT2D eigenvalue weighted by Gasteiger charge is -2.30. The summed E-state index contributed by atoms with van der Waals surface area (Å²) in [7, 11) is 0. The van der Waals surface area contributed by atoms with E-state index in [9.17, 15) is 4.79 Å². The van der Waals surface area contributed by atoms with E-state index < -0.39 is 5.41 Å². The minimum absolute atomic E-state index is 0.121. The largest absolute Gasteiger partial charge is 0.466 e. The van der Waals surface area contributed by atoms with Crippen LogP contribution in [0.5, 0.6) is 0 Å². The van der Waals surface area contributed by atoms with Crippen LogP contribution in [0.3, 0.4) is 0 Å². The monoisotopic (exact) mass is 172 g/mol. The van der Waals surface area contributed by atoms with Crippen LogP contribution in [0.15, 0.2) is 0 Å². The Labute approximate surface area is 73.0 Å². The Morgan fingerprint density at radius 2 is 2.42 bits per heavy atom. The molecule has 3 nitrogen and oxygen atoms in total. The van der Waals surface area contributed by atoms with Crippen LogP contribution >= 0.6 is 0 Å². The van der Waals surface area contributed by atoms with Crippen LogP contribution in [-0.4, -0.2) is 25.8 Å². The van der Waals surface area contributed by atoms with Gasteiger partial charge in [0.1, 0.15) is 0 Å². The maximum atomic E-state index is 11.4. The summed E-state index contributed by atoms with van der Waals surface area (Å²) in [4.78, 5) is 11.4. The van der Waals surface area contributed by atoms with Crippen molar-refractivity contribution >= 4 is 5.97 Å². The van der Waals surface area contributed by atoms with Gasteiger partial charge in [0, 0.05) is 6.61 Å². The zero-order valence-corrected chi connectivity index (χ0v) is 7.76. The van der Waals surface area contributed by atoms with Crippen molar-refractivity contribution in [3.63, 3.8) is 0 Å². The number of esters is 1. The molecule has 0 bridgehead atoms. The Bertz CT molecular complexity index is 159. The molecule has 1 saturated heterocycles. The third-order valence-electron chi connectivity index (χ3n) is 2.21. The lowest BCUT2D eigenvalue weighted by atomic mass is 9.85. The topological polar surface area (TPSA) is 35.5 Å². The zero-order chi connectivity index (χ0) is 9.03. The van der Waals surface area contributed by atoms with Gasteiger partial charge < -0.3 is 9.47 Å². The summed E-state index contributed by atoms with van der Waals surface area (Å²) in [6.07, 6.45) is 1.83. The first-order chi connectivity index (χ1) is 5.69. The van der Waals surface area contributed by atoms with Crippen molar-refractivity contribution < 1.29 is 14.3 Å². The third kappa shape index (κ3) is 1.97. The van der Waals surface area contributed by atoms with E-state index in [0.29, 0.717) is 13.2 Å². The fraction of sp³-hybridized carbons (Fsp3) is 0.889. The van der Waals surface area contributed by atoms with Gasteiger partial charge in [-0.3, -0.25) is 4.79 Å². The molecule has 0 aliphatic carbocycles. The molecule has 0 saturated carbocycles. The molecule has 12 heavy (non-hydrogen) atoms. The van der Waals surface area contributed by atoms with E-state index in [2.05, 4.69) is 0 Å². The average molecular weight is 172 g/mol. The maximum absolute atomic E-state index is 11.4. The standard InChI is InChI=1S/C9H16O3/c1-3-12-8(10)9(2)5-4-6-11-7-9/h3-7H2,1-2H3. The molecule has 1 atom stereocenters. The van der Waals surface area contributed by atoms with Crippen molar-refractivity contribution in [1.29, 1.82) is 0 Å². The smallest absolute Gasteiger partial charge is 0.314 e. The molecule has 0 aromatic rings. The van der Waals surface area contributed by atoms with Gasteiger partial charge in [-0.25, -0.2) is 0 Å². The summed E-state index contributed by atoms with van der Waals surface area (Å²) in [6.45, 7) is 5.46. The number of carbonyl (C=O) groups is 1. The molecule has 70 valence electrons. The second kappa shape index (κ2) is 3.90. The fourth-order valence-electron chi connectivity index (χ4n) is 1.40. The Morgan fingerprint density at radius 3 is 2.92 bits per heavy atom. The lowest BCUT2D eigenvalue weighted by molar-refractivity contribution is -0.162. The van der Waals surface area contributed by atoms with Crippen molar-refractivity contribution in [3.05, 3.63) is 0 Å². The Kier molecular flexibility index (Phi) is 3.09. The molecule has 3 heteroatoms. The van der Waals surface area contributed by atoms with E-state index in [4.69, 9.17) is 9.47 Å². The maximum Gasteiger partial charge on any atom is 0.314 e. The molecule has 1 unspecified atom stereocenters. The highest BCUT2D eigenvalue weighted by Gasteiger charge is 2.36. The minimum atomic E-state index is -0.395. The van der Waals surface area contributed by atoms with Gasteiger partial charge in [0.15, 0.2) is 0 Å². The van der Waals surface area contributed by atoms with Crippen molar-refractivity contribution in [2.75, 3.05) is 19.8 Å². The minimum Gasteiger partial charge on any atom is -0.466 e. The molecule has 0 aromatic carbocycles. The highest BCUT2D eigenvalue weighted by Crippen LogP contribution is 2.29. The first-order valence-electron chi connectivity index (χ1n) is 4.44. The van der Waals surface area contributed by atoms with E-state index in [1.54, 1.807) is 0 Å². The molecule has 1 heterocycles. The van der Waals surface area contributed by atoms with E-state index in [0.717, 1.165) is 19.4 Å². The molecule has 0 aromatic heterocycles.